The molecular weight excluding hydrogens is 428 g/mol. The van der Waals surface area contributed by atoms with Crippen LogP contribution in [0, 0.1) is 5.92 Å². The molecule has 0 aliphatic heterocycles. The molecule has 1 heterocycles. The van der Waals surface area contributed by atoms with Gasteiger partial charge in [-0.1, -0.05) is 37.3 Å². The zero-order chi connectivity index (χ0) is 23.1. The number of hydrogen-bond acceptors (Lipinski definition) is 5. The summed E-state index contributed by atoms with van der Waals surface area (Å²) in [6.45, 7) is 3.30. The Morgan fingerprint density at radius 2 is 1.94 bits per heavy atom. The molecule has 0 bridgehead atoms. The molecule has 170 valence electrons. The molecule has 3 rings (SSSR count). The Kier molecular flexibility index (Phi) is 7.66. The van der Waals surface area contributed by atoms with Crippen molar-refractivity contribution in [2.24, 2.45) is 5.92 Å². The van der Waals surface area contributed by atoms with Crippen LogP contribution in [0.25, 0.3) is 0 Å². The van der Waals surface area contributed by atoms with E-state index in [4.69, 9.17) is 4.74 Å². The highest BCUT2D eigenvalue weighted by Crippen LogP contribution is 2.28. The minimum atomic E-state index is -3.88. The lowest BCUT2D eigenvalue weighted by atomic mass is 10.1. The molecular formula is C23H28N4O4S. The summed E-state index contributed by atoms with van der Waals surface area (Å²) in [7, 11) is -0.974. The van der Waals surface area contributed by atoms with E-state index in [0.29, 0.717) is 13.1 Å². The van der Waals surface area contributed by atoms with Crippen LogP contribution in [0.4, 0.5) is 0 Å². The van der Waals surface area contributed by atoms with Crippen LogP contribution < -0.4 is 10.1 Å². The van der Waals surface area contributed by atoms with Gasteiger partial charge >= 0.3 is 0 Å². The van der Waals surface area contributed by atoms with Crippen molar-refractivity contribution in [1.29, 1.82) is 0 Å². The Morgan fingerprint density at radius 1 is 1.19 bits per heavy atom. The summed E-state index contributed by atoms with van der Waals surface area (Å²) in [5.74, 6) is -0.00653. The fourth-order valence-electron chi connectivity index (χ4n) is 3.27. The lowest BCUT2D eigenvalue weighted by Crippen LogP contribution is -2.31. The van der Waals surface area contributed by atoms with Crippen LogP contribution in [-0.2, 0) is 23.1 Å². The monoisotopic (exact) mass is 456 g/mol. The SMILES string of the molecule is COc1ccc(C(=O)NCC(C)Cn2cccn2)cc1S(=O)(=O)N(C)Cc1ccccc1. The Balaban J connectivity index is 1.74. The van der Waals surface area contributed by atoms with Gasteiger partial charge in [0.2, 0.25) is 10.0 Å². The largest absolute Gasteiger partial charge is 0.495 e. The molecule has 0 fully saturated rings. The number of nitrogens with one attached hydrogen (secondary N) is 1. The van der Waals surface area contributed by atoms with Crippen molar-refractivity contribution in [3.05, 3.63) is 78.1 Å². The second kappa shape index (κ2) is 10.4. The summed E-state index contributed by atoms with van der Waals surface area (Å²) in [5, 5.41) is 7.03. The van der Waals surface area contributed by atoms with Crippen LogP contribution in [-0.4, -0.2) is 49.1 Å². The van der Waals surface area contributed by atoms with Crippen molar-refractivity contribution < 1.29 is 17.9 Å². The maximum absolute atomic E-state index is 13.2. The highest BCUT2D eigenvalue weighted by Gasteiger charge is 2.26. The number of benzene rings is 2. The maximum atomic E-state index is 13.2. The molecule has 1 unspecified atom stereocenters. The van der Waals surface area contributed by atoms with Gasteiger partial charge in [0.05, 0.1) is 7.11 Å². The van der Waals surface area contributed by atoms with E-state index in [1.165, 1.54) is 30.6 Å². The van der Waals surface area contributed by atoms with Gasteiger partial charge < -0.3 is 10.1 Å². The van der Waals surface area contributed by atoms with Crippen LogP contribution in [0.1, 0.15) is 22.8 Å². The summed E-state index contributed by atoms with van der Waals surface area (Å²) in [5.41, 5.74) is 1.11. The molecule has 0 spiro atoms. The normalized spacial score (nSPS) is 12.5. The quantitative estimate of drug-likeness (QED) is 0.506. The van der Waals surface area contributed by atoms with Crippen molar-refractivity contribution in [3.8, 4) is 5.75 Å². The Morgan fingerprint density at radius 3 is 2.59 bits per heavy atom. The fraction of sp³-hybridized carbons (Fsp3) is 0.304. The molecule has 1 N–H and O–H groups in total. The van der Waals surface area contributed by atoms with E-state index < -0.39 is 10.0 Å². The highest BCUT2D eigenvalue weighted by atomic mass is 32.2. The molecule has 0 radical (unpaired) electrons. The van der Waals surface area contributed by atoms with Crippen molar-refractivity contribution in [1.82, 2.24) is 19.4 Å². The van der Waals surface area contributed by atoms with Crippen LogP contribution >= 0.6 is 0 Å². The second-order valence-corrected chi connectivity index (χ2v) is 9.67. The molecule has 3 aromatic rings. The summed E-state index contributed by atoms with van der Waals surface area (Å²) in [6, 6.07) is 15.6. The Bertz CT molecular complexity index is 1130. The first-order valence-corrected chi connectivity index (χ1v) is 11.7. The topological polar surface area (TPSA) is 93.5 Å². The molecule has 1 atom stereocenters. The van der Waals surface area contributed by atoms with Crippen LogP contribution in [0.2, 0.25) is 0 Å². The van der Waals surface area contributed by atoms with Gasteiger partial charge in [0.15, 0.2) is 0 Å². The zero-order valence-corrected chi connectivity index (χ0v) is 19.2. The maximum Gasteiger partial charge on any atom is 0.251 e. The first kappa shape index (κ1) is 23.5. The predicted molar refractivity (Wildman–Crippen MR) is 122 cm³/mol. The molecule has 1 aromatic heterocycles. The molecule has 2 aromatic carbocycles. The van der Waals surface area contributed by atoms with Gasteiger partial charge in [0.25, 0.3) is 5.91 Å². The smallest absolute Gasteiger partial charge is 0.251 e. The molecule has 0 saturated carbocycles. The Labute approximate surface area is 188 Å². The number of methoxy groups -OCH3 is 1. The van der Waals surface area contributed by atoms with Crippen molar-refractivity contribution >= 4 is 15.9 Å². The third kappa shape index (κ3) is 5.74. The molecule has 9 heteroatoms. The van der Waals surface area contributed by atoms with Crippen molar-refractivity contribution in [2.75, 3.05) is 20.7 Å². The summed E-state index contributed by atoms with van der Waals surface area (Å²) >= 11 is 0. The number of rotatable bonds is 10. The molecule has 32 heavy (non-hydrogen) atoms. The zero-order valence-electron chi connectivity index (χ0n) is 18.4. The van der Waals surface area contributed by atoms with E-state index in [-0.39, 0.29) is 34.6 Å². The number of sulfonamides is 1. The van der Waals surface area contributed by atoms with Gasteiger partial charge in [0, 0.05) is 44.6 Å². The van der Waals surface area contributed by atoms with E-state index in [2.05, 4.69) is 10.4 Å². The van der Waals surface area contributed by atoms with Crippen LogP contribution in [0.3, 0.4) is 0 Å². The predicted octanol–water partition coefficient (Wildman–Crippen LogP) is 2.78. The third-order valence-electron chi connectivity index (χ3n) is 5.03. The van der Waals surface area contributed by atoms with Crippen LogP contribution in [0.15, 0.2) is 71.9 Å². The van der Waals surface area contributed by atoms with Crippen molar-refractivity contribution in [2.45, 2.75) is 24.9 Å². The van der Waals surface area contributed by atoms with E-state index in [9.17, 15) is 13.2 Å². The molecule has 8 nitrogen and oxygen atoms in total. The number of nitrogens with zero attached hydrogens (tertiary/aromatic N) is 3. The molecule has 0 aliphatic carbocycles. The summed E-state index contributed by atoms with van der Waals surface area (Å²) in [6.07, 6.45) is 3.57. The van der Waals surface area contributed by atoms with E-state index >= 15 is 0 Å². The number of carbonyl (C=O) groups is 1. The molecule has 0 aliphatic rings. The lowest BCUT2D eigenvalue weighted by Gasteiger charge is -2.20. The number of amides is 1. The van der Waals surface area contributed by atoms with Gasteiger partial charge in [-0.05, 0) is 35.7 Å². The minimum absolute atomic E-state index is 0.0457. The number of ether oxygens (including phenoxy) is 1. The van der Waals surface area contributed by atoms with Crippen molar-refractivity contribution in [3.63, 3.8) is 0 Å². The van der Waals surface area contributed by atoms with Gasteiger partial charge in [0.1, 0.15) is 10.6 Å². The van der Waals surface area contributed by atoms with Gasteiger partial charge in [-0.2, -0.15) is 9.40 Å². The minimum Gasteiger partial charge on any atom is -0.495 e. The molecule has 0 saturated heterocycles. The van der Waals surface area contributed by atoms with Gasteiger partial charge in [-0.25, -0.2) is 8.42 Å². The number of carbonyl (C=O) groups excluding carboxylic acids is 1. The van der Waals surface area contributed by atoms with E-state index in [0.717, 1.165) is 5.56 Å². The third-order valence-corrected chi connectivity index (χ3v) is 6.86. The second-order valence-electron chi connectivity index (χ2n) is 7.66. The highest BCUT2D eigenvalue weighted by molar-refractivity contribution is 7.89. The van der Waals surface area contributed by atoms with Crippen LogP contribution in [0.5, 0.6) is 5.75 Å². The number of hydrogen-bond donors (Lipinski definition) is 1. The number of aromatic nitrogens is 2. The van der Waals surface area contributed by atoms with E-state index in [1.807, 2.05) is 49.5 Å². The Hall–Kier alpha value is -3.17. The summed E-state index contributed by atoms with van der Waals surface area (Å²) in [4.78, 5) is 12.7. The lowest BCUT2D eigenvalue weighted by molar-refractivity contribution is 0.0946. The average molecular weight is 457 g/mol. The first-order chi connectivity index (χ1) is 15.3. The van der Waals surface area contributed by atoms with Gasteiger partial charge in [-0.3, -0.25) is 9.48 Å². The standard InChI is InChI=1S/C23H28N4O4S/c1-18(16-27-13-7-12-25-27)15-24-23(28)20-10-11-21(31-3)22(14-20)32(29,30)26(2)17-19-8-5-4-6-9-19/h4-14,18H,15-17H2,1-3H3,(H,24,28). The van der Waals surface area contributed by atoms with Gasteiger partial charge in [-0.15, -0.1) is 0 Å². The van der Waals surface area contributed by atoms with E-state index in [1.54, 1.807) is 16.9 Å². The summed E-state index contributed by atoms with van der Waals surface area (Å²) < 4.78 is 34.8. The first-order valence-electron chi connectivity index (χ1n) is 10.2. The average Bonchev–Trinajstić information content (AvgIpc) is 3.30. The molecule has 1 amide bonds. The fourth-order valence-corrected chi connectivity index (χ4v) is 4.61.